The molecule has 1 unspecified atom stereocenters. The smallest absolute Gasteiger partial charge is 0.0602 e. The lowest BCUT2D eigenvalue weighted by atomic mass is 9.94. The molecule has 0 amide bonds. The number of benzene rings is 2. The maximum Gasteiger partial charge on any atom is 0.0602 e. The lowest BCUT2D eigenvalue weighted by Gasteiger charge is -2.32. The Hall–Kier alpha value is -2.43. The summed E-state index contributed by atoms with van der Waals surface area (Å²) in [4.78, 5) is 9.02. The molecule has 2 aromatic carbocycles. The molecule has 1 saturated heterocycles. The van der Waals surface area contributed by atoms with Gasteiger partial charge in [-0.1, -0.05) is 24.3 Å². The number of anilines is 1. The van der Waals surface area contributed by atoms with E-state index in [1.165, 1.54) is 34.0 Å². The summed E-state index contributed by atoms with van der Waals surface area (Å²) >= 11 is 0. The number of hydrogen-bond acceptors (Lipinski definition) is 4. The van der Waals surface area contributed by atoms with Gasteiger partial charge in [-0.25, -0.2) is 0 Å². The number of pyridine rings is 1. The van der Waals surface area contributed by atoms with Gasteiger partial charge in [0.05, 0.1) is 6.04 Å². The number of nitrogens with zero attached hydrogens (tertiary/aromatic N) is 3. The predicted molar refractivity (Wildman–Crippen MR) is 113 cm³/mol. The normalized spacial score (nSPS) is 16.8. The summed E-state index contributed by atoms with van der Waals surface area (Å²) in [6.45, 7) is 4.33. The van der Waals surface area contributed by atoms with Crippen molar-refractivity contribution in [3.63, 3.8) is 0 Å². The van der Waals surface area contributed by atoms with E-state index in [0.29, 0.717) is 0 Å². The Balaban J connectivity index is 1.76. The summed E-state index contributed by atoms with van der Waals surface area (Å²) < 4.78 is 0. The Morgan fingerprint density at radius 3 is 2.56 bits per heavy atom. The van der Waals surface area contributed by atoms with Gasteiger partial charge in [0.2, 0.25) is 0 Å². The van der Waals surface area contributed by atoms with Crippen LogP contribution in [-0.4, -0.2) is 50.2 Å². The van der Waals surface area contributed by atoms with Crippen molar-refractivity contribution in [1.29, 1.82) is 0 Å². The molecule has 140 valence electrons. The second-order valence-electron chi connectivity index (χ2n) is 7.51. The minimum absolute atomic E-state index is 0.277. The van der Waals surface area contributed by atoms with Gasteiger partial charge in [-0.05, 0) is 53.7 Å². The van der Waals surface area contributed by atoms with Gasteiger partial charge in [0.15, 0.2) is 0 Å². The lowest BCUT2D eigenvalue weighted by molar-refractivity contribution is 0.241. The summed E-state index contributed by atoms with van der Waals surface area (Å²) in [5.41, 5.74) is 3.95. The van der Waals surface area contributed by atoms with Gasteiger partial charge >= 0.3 is 0 Å². The zero-order valence-electron chi connectivity index (χ0n) is 16.2. The number of fused-ring (bicyclic) bond motifs is 1. The first-order valence-corrected chi connectivity index (χ1v) is 9.78. The zero-order valence-corrected chi connectivity index (χ0v) is 16.2. The van der Waals surface area contributed by atoms with E-state index in [9.17, 15) is 0 Å². The number of rotatable bonds is 4. The Morgan fingerprint density at radius 2 is 1.74 bits per heavy atom. The van der Waals surface area contributed by atoms with Crippen LogP contribution in [0, 0.1) is 0 Å². The van der Waals surface area contributed by atoms with Crippen molar-refractivity contribution in [2.24, 2.45) is 0 Å². The molecule has 0 spiro atoms. The van der Waals surface area contributed by atoms with E-state index in [1.54, 1.807) is 0 Å². The first kappa shape index (κ1) is 18.0. The van der Waals surface area contributed by atoms with Crippen LogP contribution in [0.1, 0.15) is 23.6 Å². The van der Waals surface area contributed by atoms with Crippen LogP contribution < -0.4 is 10.2 Å². The highest BCUT2D eigenvalue weighted by atomic mass is 15.2. The van der Waals surface area contributed by atoms with Gasteiger partial charge in [-0.3, -0.25) is 9.88 Å². The van der Waals surface area contributed by atoms with Gasteiger partial charge in [-0.2, -0.15) is 0 Å². The molecule has 0 bridgehead atoms. The van der Waals surface area contributed by atoms with E-state index in [2.05, 4.69) is 82.7 Å². The quantitative estimate of drug-likeness (QED) is 0.769. The van der Waals surface area contributed by atoms with Crippen LogP contribution >= 0.6 is 0 Å². The van der Waals surface area contributed by atoms with E-state index < -0.39 is 0 Å². The third-order valence-corrected chi connectivity index (χ3v) is 5.45. The molecule has 1 atom stereocenters. The van der Waals surface area contributed by atoms with Gasteiger partial charge in [0.25, 0.3) is 0 Å². The molecular formula is C23H28N4. The second-order valence-corrected chi connectivity index (χ2v) is 7.51. The molecule has 1 N–H and O–H groups in total. The Labute approximate surface area is 161 Å². The van der Waals surface area contributed by atoms with Crippen LogP contribution in [0.15, 0.2) is 60.9 Å². The fourth-order valence-corrected chi connectivity index (χ4v) is 3.97. The average Bonchev–Trinajstić information content (AvgIpc) is 2.98. The molecule has 1 fully saturated rings. The molecule has 2 heterocycles. The monoisotopic (exact) mass is 360 g/mol. The molecule has 4 rings (SSSR count). The predicted octanol–water partition coefficient (Wildman–Crippen LogP) is 3.69. The maximum atomic E-state index is 4.25. The average molecular weight is 361 g/mol. The number of hydrogen-bond donors (Lipinski definition) is 1. The lowest BCUT2D eigenvalue weighted by Crippen LogP contribution is -2.33. The number of nitrogens with one attached hydrogen (secondary N) is 1. The Morgan fingerprint density at radius 1 is 0.926 bits per heavy atom. The van der Waals surface area contributed by atoms with Gasteiger partial charge in [0.1, 0.15) is 0 Å². The molecule has 3 aromatic rings. The molecule has 4 heteroatoms. The Bertz CT molecular complexity index is 880. The van der Waals surface area contributed by atoms with Crippen molar-refractivity contribution in [1.82, 2.24) is 15.2 Å². The molecule has 0 radical (unpaired) electrons. The Kier molecular flexibility index (Phi) is 5.37. The molecule has 1 aromatic heterocycles. The van der Waals surface area contributed by atoms with E-state index in [-0.39, 0.29) is 6.04 Å². The molecule has 1 aliphatic heterocycles. The van der Waals surface area contributed by atoms with E-state index in [1.807, 2.05) is 12.4 Å². The van der Waals surface area contributed by atoms with Crippen molar-refractivity contribution in [3.8, 4) is 0 Å². The standard InChI is InChI=1S/C23H28N4/c1-26(2)22-8-6-18(7-9-22)23(27-14-3-11-24-13-15-27)20-4-5-21-17-25-12-10-19(21)16-20/h4-10,12,16-17,23-24H,3,11,13-15H2,1-2H3. The zero-order chi connectivity index (χ0) is 18.6. The summed E-state index contributed by atoms with van der Waals surface area (Å²) in [6.07, 6.45) is 5.00. The summed E-state index contributed by atoms with van der Waals surface area (Å²) in [6, 6.07) is 18.2. The first-order valence-electron chi connectivity index (χ1n) is 9.78. The third kappa shape index (κ3) is 3.97. The number of aromatic nitrogens is 1. The van der Waals surface area contributed by atoms with Crippen LogP contribution in [0.5, 0.6) is 0 Å². The summed E-state index contributed by atoms with van der Waals surface area (Å²) in [5.74, 6) is 0. The van der Waals surface area contributed by atoms with Crippen molar-refractivity contribution >= 4 is 16.5 Å². The van der Waals surface area contributed by atoms with Crippen LogP contribution in [-0.2, 0) is 0 Å². The van der Waals surface area contributed by atoms with Crippen molar-refractivity contribution in [2.45, 2.75) is 12.5 Å². The SMILES string of the molecule is CN(C)c1ccc(C(c2ccc3cnccc3c2)N2CCCNCC2)cc1. The molecule has 0 aliphatic carbocycles. The highest BCUT2D eigenvalue weighted by molar-refractivity contribution is 5.82. The first-order chi connectivity index (χ1) is 13.2. The van der Waals surface area contributed by atoms with E-state index in [0.717, 1.165) is 26.2 Å². The van der Waals surface area contributed by atoms with Crippen LogP contribution in [0.25, 0.3) is 10.8 Å². The highest BCUT2D eigenvalue weighted by Gasteiger charge is 2.23. The van der Waals surface area contributed by atoms with Gasteiger partial charge in [0, 0.05) is 57.2 Å². The molecular weight excluding hydrogens is 332 g/mol. The van der Waals surface area contributed by atoms with Crippen molar-refractivity contribution in [3.05, 3.63) is 72.1 Å². The minimum atomic E-state index is 0.277. The van der Waals surface area contributed by atoms with E-state index in [4.69, 9.17) is 0 Å². The molecule has 27 heavy (non-hydrogen) atoms. The highest BCUT2D eigenvalue weighted by Crippen LogP contribution is 2.32. The van der Waals surface area contributed by atoms with E-state index >= 15 is 0 Å². The molecule has 4 nitrogen and oxygen atoms in total. The van der Waals surface area contributed by atoms with Crippen LogP contribution in [0.2, 0.25) is 0 Å². The van der Waals surface area contributed by atoms with Gasteiger partial charge in [-0.15, -0.1) is 0 Å². The van der Waals surface area contributed by atoms with Crippen LogP contribution in [0.3, 0.4) is 0 Å². The summed E-state index contributed by atoms with van der Waals surface area (Å²) in [5, 5.41) is 5.98. The molecule has 0 saturated carbocycles. The van der Waals surface area contributed by atoms with Gasteiger partial charge < -0.3 is 10.2 Å². The van der Waals surface area contributed by atoms with Crippen molar-refractivity contribution in [2.75, 3.05) is 45.2 Å². The summed E-state index contributed by atoms with van der Waals surface area (Å²) in [7, 11) is 4.18. The second kappa shape index (κ2) is 8.07. The van der Waals surface area contributed by atoms with Crippen LogP contribution in [0.4, 0.5) is 5.69 Å². The fourth-order valence-electron chi connectivity index (χ4n) is 3.97. The topological polar surface area (TPSA) is 31.4 Å². The third-order valence-electron chi connectivity index (χ3n) is 5.45. The maximum absolute atomic E-state index is 4.25. The fraction of sp³-hybridized carbons (Fsp3) is 0.348. The van der Waals surface area contributed by atoms with Crippen molar-refractivity contribution < 1.29 is 0 Å². The molecule has 1 aliphatic rings. The largest absolute Gasteiger partial charge is 0.378 e. The minimum Gasteiger partial charge on any atom is -0.378 e.